The molecule has 0 unspecified atom stereocenters. The summed E-state index contributed by atoms with van der Waals surface area (Å²) in [5.74, 6) is 0. The van der Waals surface area contributed by atoms with Crippen molar-refractivity contribution in [1.29, 1.82) is 0 Å². The van der Waals surface area contributed by atoms with Gasteiger partial charge < -0.3 is 0 Å². The predicted molar refractivity (Wildman–Crippen MR) is 115 cm³/mol. The molecule has 1 N–H and O–H groups in total. The number of nitro groups is 1. The van der Waals surface area contributed by atoms with Crippen LogP contribution in [0.2, 0.25) is 0 Å². The van der Waals surface area contributed by atoms with E-state index in [1.807, 2.05) is 60.7 Å². The van der Waals surface area contributed by atoms with E-state index in [4.69, 9.17) is 0 Å². The van der Waals surface area contributed by atoms with Crippen LogP contribution in [0.1, 0.15) is 5.56 Å². The van der Waals surface area contributed by atoms with Crippen molar-refractivity contribution >= 4 is 28.2 Å². The van der Waals surface area contributed by atoms with E-state index in [0.29, 0.717) is 15.9 Å². The van der Waals surface area contributed by atoms with Gasteiger partial charge in [-0.05, 0) is 46.5 Å². The zero-order chi connectivity index (χ0) is 20.8. The second-order valence-electron chi connectivity index (χ2n) is 6.01. The average Bonchev–Trinajstić information content (AvgIpc) is 3.26. The molecule has 4 rings (SSSR count). The first-order chi connectivity index (χ1) is 14.7. The minimum absolute atomic E-state index is 0.0178. The number of benzene rings is 3. The van der Waals surface area contributed by atoms with E-state index in [1.54, 1.807) is 16.8 Å². The first-order valence-electron chi connectivity index (χ1n) is 8.86. The number of anilines is 1. The largest absolute Gasteiger partial charge is 0.277 e. The van der Waals surface area contributed by atoms with Crippen LogP contribution in [0.4, 0.5) is 11.4 Å². The lowest BCUT2D eigenvalue weighted by molar-refractivity contribution is -0.384. The SMILES string of the molecule is O=[N+]([O-])c1ccc(N/N=C(/Sc2nnnn2-c2ccccc2)c2ccccc2)cc1. The summed E-state index contributed by atoms with van der Waals surface area (Å²) >= 11 is 1.30. The van der Waals surface area contributed by atoms with Gasteiger partial charge in [0.1, 0.15) is 5.04 Å². The molecule has 1 aromatic heterocycles. The third-order valence-electron chi connectivity index (χ3n) is 4.02. The van der Waals surface area contributed by atoms with Crippen molar-refractivity contribution < 1.29 is 4.92 Å². The van der Waals surface area contributed by atoms with Crippen LogP contribution in [-0.2, 0) is 0 Å². The summed E-state index contributed by atoms with van der Waals surface area (Å²) in [7, 11) is 0. The minimum atomic E-state index is -0.443. The molecular formula is C20H15N7O2S. The van der Waals surface area contributed by atoms with Gasteiger partial charge in [-0.25, -0.2) is 0 Å². The maximum atomic E-state index is 10.8. The van der Waals surface area contributed by atoms with E-state index in [1.165, 1.54) is 23.9 Å². The zero-order valence-corrected chi connectivity index (χ0v) is 16.3. The molecule has 9 nitrogen and oxygen atoms in total. The lowest BCUT2D eigenvalue weighted by Crippen LogP contribution is -2.04. The lowest BCUT2D eigenvalue weighted by atomic mass is 10.2. The third-order valence-corrected chi connectivity index (χ3v) is 4.97. The van der Waals surface area contributed by atoms with Gasteiger partial charge in [-0.2, -0.15) is 9.78 Å². The van der Waals surface area contributed by atoms with Crippen LogP contribution in [0, 0.1) is 10.1 Å². The fourth-order valence-electron chi connectivity index (χ4n) is 2.56. The predicted octanol–water partition coefficient (Wildman–Crippen LogP) is 4.14. The van der Waals surface area contributed by atoms with Crippen LogP contribution in [-0.4, -0.2) is 30.2 Å². The second-order valence-corrected chi connectivity index (χ2v) is 6.97. The van der Waals surface area contributed by atoms with E-state index in [-0.39, 0.29) is 5.69 Å². The van der Waals surface area contributed by atoms with E-state index < -0.39 is 4.92 Å². The van der Waals surface area contributed by atoms with Crippen LogP contribution in [0.25, 0.3) is 5.69 Å². The van der Waals surface area contributed by atoms with Crippen molar-refractivity contribution in [3.8, 4) is 5.69 Å². The van der Waals surface area contributed by atoms with Crippen molar-refractivity contribution in [2.24, 2.45) is 5.10 Å². The number of para-hydroxylation sites is 1. The molecule has 10 heteroatoms. The Morgan fingerprint density at radius 1 is 0.967 bits per heavy atom. The first kappa shape index (κ1) is 19.3. The highest BCUT2D eigenvalue weighted by atomic mass is 32.2. The van der Waals surface area contributed by atoms with Gasteiger partial charge in [0.25, 0.3) is 5.69 Å². The molecule has 0 saturated heterocycles. The average molecular weight is 417 g/mol. The van der Waals surface area contributed by atoms with Crippen molar-refractivity contribution in [3.05, 3.63) is 101 Å². The van der Waals surface area contributed by atoms with Gasteiger partial charge in [-0.1, -0.05) is 48.5 Å². The van der Waals surface area contributed by atoms with Crippen LogP contribution < -0.4 is 5.43 Å². The lowest BCUT2D eigenvalue weighted by Gasteiger charge is -2.08. The van der Waals surface area contributed by atoms with Gasteiger partial charge in [0.15, 0.2) is 0 Å². The van der Waals surface area contributed by atoms with Crippen molar-refractivity contribution in [2.45, 2.75) is 5.16 Å². The molecule has 148 valence electrons. The number of rotatable bonds is 6. The molecule has 0 aliphatic heterocycles. The zero-order valence-electron chi connectivity index (χ0n) is 15.5. The molecule has 0 atom stereocenters. The Morgan fingerprint density at radius 3 is 2.30 bits per heavy atom. The Morgan fingerprint density at radius 2 is 1.63 bits per heavy atom. The van der Waals surface area contributed by atoms with Gasteiger partial charge in [0.2, 0.25) is 5.16 Å². The highest BCUT2D eigenvalue weighted by molar-refractivity contribution is 8.14. The van der Waals surface area contributed by atoms with E-state index in [9.17, 15) is 10.1 Å². The molecule has 0 radical (unpaired) electrons. The molecule has 0 fully saturated rings. The molecule has 0 saturated carbocycles. The summed E-state index contributed by atoms with van der Waals surface area (Å²) in [6, 6.07) is 25.2. The number of nitrogens with zero attached hydrogens (tertiary/aromatic N) is 6. The summed E-state index contributed by atoms with van der Waals surface area (Å²) in [6.45, 7) is 0. The number of tetrazole rings is 1. The summed E-state index contributed by atoms with van der Waals surface area (Å²) < 4.78 is 1.63. The van der Waals surface area contributed by atoms with Crippen LogP contribution in [0.5, 0.6) is 0 Å². The third kappa shape index (κ3) is 4.50. The molecule has 0 aliphatic carbocycles. The molecule has 1 heterocycles. The molecule has 0 aliphatic rings. The second kappa shape index (κ2) is 8.97. The number of hydrogen-bond donors (Lipinski definition) is 1. The summed E-state index contributed by atoms with van der Waals surface area (Å²) in [5.41, 5.74) is 5.30. The Kier molecular flexibility index (Phi) is 5.76. The number of aromatic nitrogens is 4. The summed E-state index contributed by atoms with van der Waals surface area (Å²) in [6.07, 6.45) is 0. The highest BCUT2D eigenvalue weighted by Gasteiger charge is 2.14. The molecule has 0 bridgehead atoms. The Balaban J connectivity index is 1.63. The van der Waals surface area contributed by atoms with E-state index in [2.05, 4.69) is 26.1 Å². The van der Waals surface area contributed by atoms with E-state index in [0.717, 1.165) is 11.3 Å². The Bertz CT molecular complexity index is 1160. The van der Waals surface area contributed by atoms with E-state index >= 15 is 0 Å². The highest BCUT2D eigenvalue weighted by Crippen LogP contribution is 2.24. The minimum Gasteiger partial charge on any atom is -0.277 e. The standard InChI is InChI=1S/C20H15N7O2S/c28-27(29)18-13-11-16(12-14-18)21-22-19(15-7-3-1-4-8-15)30-20-23-24-25-26(20)17-9-5-2-6-10-17/h1-14,21H/b22-19+. The fourth-order valence-corrected chi connectivity index (χ4v) is 3.38. The van der Waals surface area contributed by atoms with Crippen LogP contribution in [0.15, 0.2) is 95.2 Å². The topological polar surface area (TPSA) is 111 Å². The summed E-state index contributed by atoms with van der Waals surface area (Å²) in [5, 5.41) is 28.5. The molecule has 30 heavy (non-hydrogen) atoms. The van der Waals surface area contributed by atoms with Gasteiger partial charge >= 0.3 is 0 Å². The fraction of sp³-hybridized carbons (Fsp3) is 0. The molecule has 0 amide bonds. The Hall–Kier alpha value is -4.05. The van der Waals surface area contributed by atoms with Gasteiger partial charge in [0.05, 0.1) is 16.3 Å². The normalized spacial score (nSPS) is 11.3. The molecule has 4 aromatic rings. The number of nitrogens with one attached hydrogen (secondary N) is 1. The van der Waals surface area contributed by atoms with Crippen LogP contribution >= 0.6 is 11.8 Å². The van der Waals surface area contributed by atoms with Crippen molar-refractivity contribution in [1.82, 2.24) is 20.2 Å². The van der Waals surface area contributed by atoms with Crippen molar-refractivity contribution in [2.75, 3.05) is 5.43 Å². The monoisotopic (exact) mass is 417 g/mol. The molecule has 0 spiro atoms. The van der Waals surface area contributed by atoms with Gasteiger partial charge in [-0.15, -0.1) is 5.10 Å². The molecular weight excluding hydrogens is 402 g/mol. The number of nitro benzene ring substituents is 1. The Labute approximate surface area is 175 Å². The number of thioether (sulfide) groups is 1. The number of hydrogen-bond acceptors (Lipinski definition) is 8. The summed E-state index contributed by atoms with van der Waals surface area (Å²) in [4.78, 5) is 10.4. The first-order valence-corrected chi connectivity index (χ1v) is 9.67. The van der Waals surface area contributed by atoms with Crippen LogP contribution in [0.3, 0.4) is 0 Å². The molecule has 3 aromatic carbocycles. The van der Waals surface area contributed by atoms with Gasteiger partial charge in [0, 0.05) is 17.7 Å². The number of non-ortho nitro benzene ring substituents is 1. The van der Waals surface area contributed by atoms with Gasteiger partial charge in [-0.3, -0.25) is 15.5 Å². The smallest absolute Gasteiger partial charge is 0.269 e. The maximum Gasteiger partial charge on any atom is 0.269 e. The number of hydrazone groups is 1. The van der Waals surface area contributed by atoms with Crippen molar-refractivity contribution in [3.63, 3.8) is 0 Å². The quantitative estimate of drug-likeness (QED) is 0.165. The maximum absolute atomic E-state index is 10.8.